The molecule has 24 heavy (non-hydrogen) atoms. The minimum Gasteiger partial charge on any atom is -0.349 e. The molecule has 0 unspecified atom stereocenters. The Bertz CT molecular complexity index is 682. The molecule has 5 heteroatoms. The quantitative estimate of drug-likeness (QED) is 0.686. The fraction of sp³-hybridized carbons (Fsp3) is 0.158. The zero-order valence-electron chi connectivity index (χ0n) is 13.4. The molecule has 0 atom stereocenters. The lowest BCUT2D eigenvalue weighted by molar-refractivity contribution is 0.0958. The maximum atomic E-state index is 11.9. The molecular weight excluding hydrogens is 302 g/mol. The second-order valence-electron chi connectivity index (χ2n) is 5.19. The van der Waals surface area contributed by atoms with Gasteiger partial charge in [-0.15, -0.1) is 6.58 Å². The lowest BCUT2D eigenvalue weighted by atomic mass is 10.1. The summed E-state index contributed by atoms with van der Waals surface area (Å²) < 4.78 is 0. The molecule has 0 aliphatic rings. The number of anilines is 1. The highest BCUT2D eigenvalue weighted by atomic mass is 16.2. The number of carbonyl (C=O) groups excluding carboxylic acids is 2. The third kappa shape index (κ3) is 5.61. The van der Waals surface area contributed by atoms with E-state index in [1.165, 1.54) is 5.56 Å². The Morgan fingerprint density at radius 1 is 0.958 bits per heavy atom. The summed E-state index contributed by atoms with van der Waals surface area (Å²) in [6.45, 7) is 4.52. The van der Waals surface area contributed by atoms with E-state index >= 15 is 0 Å². The van der Waals surface area contributed by atoms with Gasteiger partial charge in [-0.3, -0.25) is 4.79 Å². The van der Waals surface area contributed by atoms with Gasteiger partial charge in [0.1, 0.15) is 0 Å². The maximum absolute atomic E-state index is 11.9. The van der Waals surface area contributed by atoms with Gasteiger partial charge in [0, 0.05) is 24.3 Å². The van der Waals surface area contributed by atoms with E-state index < -0.39 is 0 Å². The summed E-state index contributed by atoms with van der Waals surface area (Å²) in [4.78, 5) is 23.6. The van der Waals surface area contributed by atoms with Crippen LogP contribution in [-0.4, -0.2) is 25.0 Å². The zero-order chi connectivity index (χ0) is 17.2. The Kier molecular flexibility index (Phi) is 6.58. The molecule has 0 aliphatic heterocycles. The van der Waals surface area contributed by atoms with E-state index in [2.05, 4.69) is 22.5 Å². The number of nitrogens with one attached hydrogen (secondary N) is 3. The highest BCUT2D eigenvalue weighted by molar-refractivity contribution is 5.95. The summed E-state index contributed by atoms with van der Waals surface area (Å²) in [6, 6.07) is 16.4. The van der Waals surface area contributed by atoms with Gasteiger partial charge in [-0.25, -0.2) is 4.79 Å². The smallest absolute Gasteiger partial charge is 0.319 e. The molecule has 0 fully saturated rings. The van der Waals surface area contributed by atoms with E-state index in [1.807, 2.05) is 30.3 Å². The molecule has 3 amide bonds. The van der Waals surface area contributed by atoms with Gasteiger partial charge in [-0.2, -0.15) is 0 Å². The minimum atomic E-state index is -0.269. The summed E-state index contributed by atoms with van der Waals surface area (Å²) in [5.74, 6) is -0.172. The van der Waals surface area contributed by atoms with Gasteiger partial charge in [-0.05, 0) is 36.2 Å². The van der Waals surface area contributed by atoms with Crippen molar-refractivity contribution in [3.05, 3.63) is 78.4 Å². The first kappa shape index (κ1) is 17.3. The molecule has 2 aromatic rings. The van der Waals surface area contributed by atoms with Crippen molar-refractivity contribution < 1.29 is 9.59 Å². The molecule has 0 saturated heterocycles. The van der Waals surface area contributed by atoms with Gasteiger partial charge < -0.3 is 16.0 Å². The Hall–Kier alpha value is -3.08. The van der Waals surface area contributed by atoms with Gasteiger partial charge in [0.05, 0.1) is 0 Å². The predicted molar refractivity (Wildman–Crippen MR) is 96.1 cm³/mol. The summed E-state index contributed by atoms with van der Waals surface area (Å²) in [6.07, 6.45) is 2.39. The van der Waals surface area contributed by atoms with Crippen molar-refractivity contribution >= 4 is 17.6 Å². The SMILES string of the molecule is C=CCNC(=O)c1ccc(NC(=O)NCCc2ccccc2)cc1. The number of hydrogen-bond donors (Lipinski definition) is 3. The van der Waals surface area contributed by atoms with Gasteiger partial charge in [0.15, 0.2) is 0 Å². The number of carbonyl (C=O) groups is 2. The molecule has 0 radical (unpaired) electrons. The van der Waals surface area contributed by atoms with Crippen LogP contribution < -0.4 is 16.0 Å². The summed E-state index contributed by atoms with van der Waals surface area (Å²) >= 11 is 0. The number of rotatable bonds is 7. The zero-order valence-corrected chi connectivity index (χ0v) is 13.4. The summed E-state index contributed by atoms with van der Waals surface area (Å²) in [7, 11) is 0. The average Bonchev–Trinajstić information content (AvgIpc) is 2.61. The van der Waals surface area contributed by atoms with Crippen molar-refractivity contribution in [2.24, 2.45) is 0 Å². The topological polar surface area (TPSA) is 70.2 Å². The predicted octanol–water partition coefficient (Wildman–Crippen LogP) is 2.97. The molecule has 2 rings (SSSR count). The van der Waals surface area contributed by atoms with Crippen LogP contribution in [0.3, 0.4) is 0 Å². The van der Waals surface area contributed by atoms with Crippen molar-refractivity contribution in [1.29, 1.82) is 0 Å². The second kappa shape index (κ2) is 9.15. The third-order valence-corrected chi connectivity index (χ3v) is 3.35. The summed E-state index contributed by atoms with van der Waals surface area (Å²) in [5, 5.41) is 8.24. The Morgan fingerprint density at radius 2 is 1.67 bits per heavy atom. The summed E-state index contributed by atoms with van der Waals surface area (Å²) in [5.41, 5.74) is 2.34. The van der Waals surface area contributed by atoms with Gasteiger partial charge in [0.2, 0.25) is 0 Å². The average molecular weight is 323 g/mol. The van der Waals surface area contributed by atoms with Crippen molar-refractivity contribution in [3.63, 3.8) is 0 Å². The van der Waals surface area contributed by atoms with E-state index in [0.717, 1.165) is 6.42 Å². The van der Waals surface area contributed by atoms with Crippen molar-refractivity contribution in [3.8, 4) is 0 Å². The molecule has 3 N–H and O–H groups in total. The normalized spacial score (nSPS) is 9.83. The first-order chi connectivity index (χ1) is 11.7. The van der Waals surface area contributed by atoms with E-state index in [1.54, 1.807) is 30.3 Å². The van der Waals surface area contributed by atoms with Crippen LogP contribution in [0.25, 0.3) is 0 Å². The maximum Gasteiger partial charge on any atom is 0.319 e. The highest BCUT2D eigenvalue weighted by Crippen LogP contribution is 2.09. The van der Waals surface area contributed by atoms with Crippen molar-refractivity contribution in [2.75, 3.05) is 18.4 Å². The largest absolute Gasteiger partial charge is 0.349 e. The molecule has 5 nitrogen and oxygen atoms in total. The van der Waals surface area contributed by atoms with E-state index in [0.29, 0.717) is 24.3 Å². The van der Waals surface area contributed by atoms with Crippen LogP contribution in [0.15, 0.2) is 67.3 Å². The molecule has 0 heterocycles. The van der Waals surface area contributed by atoms with Gasteiger partial charge >= 0.3 is 6.03 Å². The molecule has 124 valence electrons. The number of benzene rings is 2. The van der Waals surface area contributed by atoms with Crippen molar-refractivity contribution in [2.45, 2.75) is 6.42 Å². The Balaban J connectivity index is 1.77. The van der Waals surface area contributed by atoms with E-state index in [9.17, 15) is 9.59 Å². The highest BCUT2D eigenvalue weighted by Gasteiger charge is 2.05. The molecule has 0 spiro atoms. The Morgan fingerprint density at radius 3 is 2.33 bits per heavy atom. The first-order valence-corrected chi connectivity index (χ1v) is 7.77. The number of urea groups is 1. The molecule has 0 saturated carbocycles. The van der Waals surface area contributed by atoms with Crippen LogP contribution in [0.4, 0.5) is 10.5 Å². The van der Waals surface area contributed by atoms with Crippen LogP contribution in [-0.2, 0) is 6.42 Å². The molecule has 0 aromatic heterocycles. The van der Waals surface area contributed by atoms with Crippen LogP contribution in [0, 0.1) is 0 Å². The lowest BCUT2D eigenvalue weighted by Crippen LogP contribution is -2.30. The van der Waals surface area contributed by atoms with E-state index in [4.69, 9.17) is 0 Å². The lowest BCUT2D eigenvalue weighted by Gasteiger charge is -2.08. The molecular formula is C19H21N3O2. The molecule has 2 aromatic carbocycles. The van der Waals surface area contributed by atoms with E-state index in [-0.39, 0.29) is 11.9 Å². The fourth-order valence-electron chi connectivity index (χ4n) is 2.11. The first-order valence-electron chi connectivity index (χ1n) is 7.77. The van der Waals surface area contributed by atoms with Gasteiger partial charge in [0.25, 0.3) is 5.91 Å². The fourth-order valence-corrected chi connectivity index (χ4v) is 2.11. The number of amides is 3. The molecule has 0 bridgehead atoms. The third-order valence-electron chi connectivity index (χ3n) is 3.35. The van der Waals surface area contributed by atoms with Gasteiger partial charge in [-0.1, -0.05) is 36.4 Å². The number of hydrogen-bond acceptors (Lipinski definition) is 2. The standard InChI is InChI=1S/C19H21N3O2/c1-2-13-20-18(23)16-8-10-17(11-9-16)22-19(24)21-14-12-15-6-4-3-5-7-15/h2-11H,1,12-14H2,(H,20,23)(H2,21,22,24). The van der Waals surface area contributed by atoms with Crippen LogP contribution in [0.5, 0.6) is 0 Å². The monoisotopic (exact) mass is 323 g/mol. The van der Waals surface area contributed by atoms with Crippen LogP contribution >= 0.6 is 0 Å². The van der Waals surface area contributed by atoms with Crippen molar-refractivity contribution in [1.82, 2.24) is 10.6 Å². The minimum absolute atomic E-state index is 0.172. The Labute approximate surface area is 141 Å². The second-order valence-corrected chi connectivity index (χ2v) is 5.19. The van der Waals surface area contributed by atoms with Crippen LogP contribution in [0.2, 0.25) is 0 Å². The van der Waals surface area contributed by atoms with Crippen LogP contribution in [0.1, 0.15) is 15.9 Å². The molecule has 0 aliphatic carbocycles.